The quantitative estimate of drug-likeness (QED) is 0.362. The largest absolute Gasteiger partial charge is 0.497 e. The molecular formula is C30H44N2O9. The van der Waals surface area contributed by atoms with E-state index in [1.165, 1.54) is 24.0 Å². The standard InChI is InChI=1S/C30H44N2O9/c1-28(2,3)40-26(35)31-15-14-22(23(31)24(33)38-8)30(25(34)39-9)20(17-19-11-10-12-21(18-19)37-7)13-16-32(30)27(36)41-29(4,5)6/h10-12,18,20,22-23H,13-17H2,1-9H3. The number of nitrogens with zero attached hydrogens (tertiary/aromatic N) is 2. The van der Waals surface area contributed by atoms with Gasteiger partial charge in [-0.3, -0.25) is 9.80 Å². The van der Waals surface area contributed by atoms with E-state index in [9.17, 15) is 19.2 Å². The molecule has 11 heteroatoms. The summed E-state index contributed by atoms with van der Waals surface area (Å²) in [5, 5.41) is 0. The molecule has 0 radical (unpaired) electrons. The van der Waals surface area contributed by atoms with Crippen molar-refractivity contribution in [2.24, 2.45) is 11.8 Å². The minimum absolute atomic E-state index is 0.117. The first-order valence-electron chi connectivity index (χ1n) is 13.9. The van der Waals surface area contributed by atoms with Crippen LogP contribution in [0.3, 0.4) is 0 Å². The van der Waals surface area contributed by atoms with E-state index in [2.05, 4.69) is 0 Å². The summed E-state index contributed by atoms with van der Waals surface area (Å²) in [6.45, 7) is 10.7. The van der Waals surface area contributed by atoms with E-state index < -0.39 is 58.7 Å². The van der Waals surface area contributed by atoms with Crippen LogP contribution in [-0.2, 0) is 35.0 Å². The zero-order valence-electron chi connectivity index (χ0n) is 25.6. The van der Waals surface area contributed by atoms with E-state index in [4.69, 9.17) is 23.7 Å². The van der Waals surface area contributed by atoms with E-state index in [1.807, 2.05) is 24.3 Å². The lowest BCUT2D eigenvalue weighted by molar-refractivity contribution is -0.164. The van der Waals surface area contributed by atoms with Crippen molar-refractivity contribution in [3.63, 3.8) is 0 Å². The van der Waals surface area contributed by atoms with Gasteiger partial charge in [-0.1, -0.05) is 12.1 Å². The molecule has 2 heterocycles. The Morgan fingerprint density at radius 3 is 2.07 bits per heavy atom. The number of likely N-dealkylation sites (tertiary alicyclic amines) is 2. The van der Waals surface area contributed by atoms with Crippen LogP contribution in [0.2, 0.25) is 0 Å². The van der Waals surface area contributed by atoms with Gasteiger partial charge in [-0.2, -0.15) is 0 Å². The third-order valence-electron chi connectivity index (χ3n) is 7.55. The van der Waals surface area contributed by atoms with Crippen molar-refractivity contribution < 1.29 is 42.9 Å². The molecule has 1 aromatic rings. The lowest BCUT2D eigenvalue weighted by Crippen LogP contribution is -2.66. The van der Waals surface area contributed by atoms with Crippen molar-refractivity contribution >= 4 is 24.1 Å². The van der Waals surface area contributed by atoms with Crippen LogP contribution in [0.25, 0.3) is 0 Å². The van der Waals surface area contributed by atoms with Gasteiger partial charge in [0.05, 0.1) is 21.3 Å². The number of ether oxygens (including phenoxy) is 5. The summed E-state index contributed by atoms with van der Waals surface area (Å²) in [7, 11) is 4.05. The summed E-state index contributed by atoms with van der Waals surface area (Å²) in [6.07, 6.45) is -0.371. The average Bonchev–Trinajstić information content (AvgIpc) is 3.48. The number of benzene rings is 1. The Labute approximate surface area is 242 Å². The maximum atomic E-state index is 14.1. The number of methoxy groups -OCH3 is 3. The lowest BCUT2D eigenvalue weighted by atomic mass is 9.69. The van der Waals surface area contributed by atoms with Gasteiger partial charge in [0.25, 0.3) is 0 Å². The Hall–Kier alpha value is -3.50. The zero-order valence-corrected chi connectivity index (χ0v) is 25.6. The van der Waals surface area contributed by atoms with Gasteiger partial charge in [0.15, 0.2) is 5.54 Å². The van der Waals surface area contributed by atoms with Crippen LogP contribution in [0.5, 0.6) is 5.75 Å². The second-order valence-corrected chi connectivity index (χ2v) is 12.5. The summed E-state index contributed by atoms with van der Waals surface area (Å²) >= 11 is 0. The maximum absolute atomic E-state index is 14.1. The summed E-state index contributed by atoms with van der Waals surface area (Å²) in [5.74, 6) is -2.08. The molecule has 2 aliphatic heterocycles. The van der Waals surface area contributed by atoms with Crippen molar-refractivity contribution in [1.29, 1.82) is 0 Å². The van der Waals surface area contributed by atoms with Crippen LogP contribution in [0.1, 0.15) is 59.9 Å². The van der Waals surface area contributed by atoms with Gasteiger partial charge >= 0.3 is 24.1 Å². The van der Waals surface area contributed by atoms with Crippen molar-refractivity contribution in [1.82, 2.24) is 9.80 Å². The van der Waals surface area contributed by atoms with Gasteiger partial charge in [0.2, 0.25) is 0 Å². The van der Waals surface area contributed by atoms with E-state index in [1.54, 1.807) is 48.7 Å². The van der Waals surface area contributed by atoms with E-state index in [-0.39, 0.29) is 19.5 Å². The molecule has 0 saturated carbocycles. The first-order valence-corrected chi connectivity index (χ1v) is 13.9. The third kappa shape index (κ3) is 6.70. The number of rotatable bonds is 6. The molecule has 2 aliphatic rings. The Balaban J connectivity index is 2.20. The minimum Gasteiger partial charge on any atom is -0.497 e. The molecule has 0 spiro atoms. The van der Waals surface area contributed by atoms with Crippen LogP contribution in [0.15, 0.2) is 24.3 Å². The monoisotopic (exact) mass is 576 g/mol. The fourth-order valence-corrected chi connectivity index (χ4v) is 6.10. The molecule has 2 saturated heterocycles. The summed E-state index contributed by atoms with van der Waals surface area (Å²) < 4.78 is 27.4. The fraction of sp³-hybridized carbons (Fsp3) is 0.667. The molecule has 0 bridgehead atoms. The Morgan fingerprint density at radius 2 is 1.51 bits per heavy atom. The molecule has 2 amide bonds. The van der Waals surface area contributed by atoms with Crippen LogP contribution in [0.4, 0.5) is 9.59 Å². The lowest BCUT2D eigenvalue weighted by Gasteiger charge is -2.45. The zero-order chi connectivity index (χ0) is 30.8. The van der Waals surface area contributed by atoms with Gasteiger partial charge in [-0.05, 0) is 84.4 Å². The van der Waals surface area contributed by atoms with Crippen molar-refractivity contribution in [2.45, 2.75) is 83.6 Å². The molecule has 3 rings (SSSR count). The molecule has 228 valence electrons. The molecule has 11 nitrogen and oxygen atoms in total. The predicted molar refractivity (Wildman–Crippen MR) is 149 cm³/mol. The maximum Gasteiger partial charge on any atom is 0.411 e. The normalized spacial score (nSPS) is 24.6. The minimum atomic E-state index is -1.64. The van der Waals surface area contributed by atoms with Gasteiger partial charge in [0.1, 0.15) is 23.0 Å². The second-order valence-electron chi connectivity index (χ2n) is 12.5. The Morgan fingerprint density at radius 1 is 0.878 bits per heavy atom. The highest BCUT2D eigenvalue weighted by molar-refractivity contribution is 5.91. The fourth-order valence-electron chi connectivity index (χ4n) is 6.10. The average molecular weight is 577 g/mol. The molecule has 2 fully saturated rings. The van der Waals surface area contributed by atoms with Crippen molar-refractivity contribution in [3.8, 4) is 5.75 Å². The topological polar surface area (TPSA) is 121 Å². The Bertz CT molecular complexity index is 1140. The molecule has 0 aromatic heterocycles. The SMILES string of the molecule is COC(=O)C1C(C2(C(=O)OC)C(Cc3cccc(OC)c3)CCN2C(=O)OC(C)(C)C)CCN1C(=O)OC(C)(C)C. The van der Waals surface area contributed by atoms with Crippen LogP contribution < -0.4 is 4.74 Å². The number of esters is 2. The molecule has 1 aromatic carbocycles. The molecule has 4 unspecified atom stereocenters. The van der Waals surface area contributed by atoms with E-state index in [0.717, 1.165) is 5.56 Å². The number of hydrogen-bond acceptors (Lipinski definition) is 9. The first kappa shape index (κ1) is 32.0. The molecule has 41 heavy (non-hydrogen) atoms. The second kappa shape index (κ2) is 12.2. The summed E-state index contributed by atoms with van der Waals surface area (Å²) in [5.41, 5.74) is -2.43. The van der Waals surface area contributed by atoms with E-state index in [0.29, 0.717) is 18.6 Å². The van der Waals surface area contributed by atoms with Gasteiger partial charge < -0.3 is 23.7 Å². The highest BCUT2D eigenvalue weighted by Crippen LogP contribution is 2.50. The third-order valence-corrected chi connectivity index (χ3v) is 7.55. The van der Waals surface area contributed by atoms with Crippen LogP contribution in [-0.4, -0.2) is 91.1 Å². The van der Waals surface area contributed by atoms with Gasteiger partial charge in [0, 0.05) is 19.0 Å². The number of carbonyl (C=O) groups is 4. The van der Waals surface area contributed by atoms with Gasteiger partial charge in [-0.15, -0.1) is 0 Å². The highest BCUT2D eigenvalue weighted by Gasteiger charge is 2.67. The molecular weight excluding hydrogens is 532 g/mol. The summed E-state index contributed by atoms with van der Waals surface area (Å²) in [4.78, 5) is 57.2. The molecule has 0 N–H and O–H groups in total. The van der Waals surface area contributed by atoms with Crippen molar-refractivity contribution in [3.05, 3.63) is 29.8 Å². The van der Waals surface area contributed by atoms with Crippen molar-refractivity contribution in [2.75, 3.05) is 34.4 Å². The van der Waals surface area contributed by atoms with E-state index >= 15 is 0 Å². The first-order chi connectivity index (χ1) is 19.1. The van der Waals surface area contributed by atoms with Crippen LogP contribution >= 0.6 is 0 Å². The Kier molecular flexibility index (Phi) is 9.50. The molecule has 0 aliphatic carbocycles. The highest BCUT2D eigenvalue weighted by atomic mass is 16.6. The smallest absolute Gasteiger partial charge is 0.411 e. The number of carbonyl (C=O) groups excluding carboxylic acids is 4. The predicted octanol–water partition coefficient (Wildman–Crippen LogP) is 4.21. The van der Waals surface area contributed by atoms with Crippen LogP contribution in [0, 0.1) is 11.8 Å². The summed E-state index contributed by atoms with van der Waals surface area (Å²) in [6, 6.07) is 6.26. The van der Waals surface area contributed by atoms with Gasteiger partial charge in [-0.25, -0.2) is 19.2 Å². The molecule has 4 atom stereocenters. The number of hydrogen-bond donors (Lipinski definition) is 0. The number of amides is 2.